The first-order chi connectivity index (χ1) is 7.25. The van der Waals surface area contributed by atoms with Crippen LogP contribution in [0.3, 0.4) is 0 Å². The summed E-state index contributed by atoms with van der Waals surface area (Å²) in [6.07, 6.45) is 0. The number of hydrogen-bond acceptors (Lipinski definition) is 4. The van der Waals surface area contributed by atoms with Gasteiger partial charge in [0.05, 0.1) is 16.0 Å². The van der Waals surface area contributed by atoms with Crippen LogP contribution in [0.15, 0.2) is 18.2 Å². The summed E-state index contributed by atoms with van der Waals surface area (Å²) in [6.45, 7) is 1.74. The number of hydrogen-bond donors (Lipinski definition) is 1. The molecular weight excluding hydrogens is 196 g/mol. The fraction of sp³-hybridized carbons (Fsp3) is 0.222. The SMILES string of the molecule is O=[N+]([O-])c1ccc2c(c1)nc1n2CCN1. The summed E-state index contributed by atoms with van der Waals surface area (Å²) in [5.41, 5.74) is 1.70. The van der Waals surface area contributed by atoms with Gasteiger partial charge < -0.3 is 9.88 Å². The number of rotatable bonds is 1. The zero-order valence-corrected chi connectivity index (χ0v) is 7.80. The van der Waals surface area contributed by atoms with Gasteiger partial charge in [0.25, 0.3) is 5.69 Å². The van der Waals surface area contributed by atoms with Crippen LogP contribution < -0.4 is 5.32 Å². The number of non-ortho nitro benzene ring substituents is 1. The van der Waals surface area contributed by atoms with Gasteiger partial charge in [-0.2, -0.15) is 0 Å². The number of nitro benzene ring substituents is 1. The van der Waals surface area contributed by atoms with Crippen molar-refractivity contribution in [1.82, 2.24) is 9.55 Å². The molecule has 0 unspecified atom stereocenters. The Balaban J connectivity index is 2.26. The first-order valence-electron chi connectivity index (χ1n) is 4.64. The molecule has 0 bridgehead atoms. The first kappa shape index (κ1) is 8.22. The van der Waals surface area contributed by atoms with Gasteiger partial charge in [0.2, 0.25) is 5.95 Å². The Morgan fingerprint density at radius 2 is 2.40 bits per heavy atom. The number of nitrogens with zero attached hydrogens (tertiary/aromatic N) is 3. The zero-order valence-electron chi connectivity index (χ0n) is 7.80. The topological polar surface area (TPSA) is 73.0 Å². The quantitative estimate of drug-likeness (QED) is 0.562. The molecule has 2 aromatic rings. The molecule has 15 heavy (non-hydrogen) atoms. The van der Waals surface area contributed by atoms with Crippen molar-refractivity contribution in [2.75, 3.05) is 11.9 Å². The van der Waals surface area contributed by atoms with Crippen molar-refractivity contribution < 1.29 is 4.92 Å². The molecule has 2 heterocycles. The monoisotopic (exact) mass is 204 g/mol. The maximum Gasteiger partial charge on any atom is 0.271 e. The summed E-state index contributed by atoms with van der Waals surface area (Å²) in [6, 6.07) is 4.76. The second-order valence-electron chi connectivity index (χ2n) is 3.44. The van der Waals surface area contributed by atoms with Gasteiger partial charge in [-0.25, -0.2) is 4.98 Å². The average Bonchev–Trinajstić information content (AvgIpc) is 2.75. The van der Waals surface area contributed by atoms with Crippen molar-refractivity contribution in [3.8, 4) is 0 Å². The van der Waals surface area contributed by atoms with E-state index in [0.29, 0.717) is 5.52 Å². The molecule has 0 radical (unpaired) electrons. The molecule has 0 amide bonds. The Hall–Kier alpha value is -2.11. The van der Waals surface area contributed by atoms with Crippen molar-refractivity contribution in [2.24, 2.45) is 0 Å². The van der Waals surface area contributed by atoms with Crippen molar-refractivity contribution in [1.29, 1.82) is 0 Å². The second kappa shape index (κ2) is 2.69. The van der Waals surface area contributed by atoms with Gasteiger partial charge in [0, 0.05) is 25.2 Å². The Morgan fingerprint density at radius 1 is 1.53 bits per heavy atom. The van der Waals surface area contributed by atoms with Crippen molar-refractivity contribution in [2.45, 2.75) is 6.54 Å². The number of imidazole rings is 1. The normalized spacial score (nSPS) is 13.9. The smallest absolute Gasteiger partial charge is 0.271 e. The Bertz CT molecular complexity index is 560. The summed E-state index contributed by atoms with van der Waals surface area (Å²) >= 11 is 0. The fourth-order valence-corrected chi connectivity index (χ4v) is 1.87. The molecule has 6 heteroatoms. The lowest BCUT2D eigenvalue weighted by Crippen LogP contribution is -1.95. The number of nitro groups is 1. The van der Waals surface area contributed by atoms with E-state index in [0.717, 1.165) is 24.6 Å². The lowest BCUT2D eigenvalue weighted by atomic mass is 10.3. The third-order valence-electron chi connectivity index (χ3n) is 2.56. The van der Waals surface area contributed by atoms with Gasteiger partial charge in [0.1, 0.15) is 0 Å². The molecule has 0 fully saturated rings. The van der Waals surface area contributed by atoms with Gasteiger partial charge in [-0.3, -0.25) is 10.1 Å². The van der Waals surface area contributed by atoms with E-state index in [1.54, 1.807) is 6.07 Å². The highest BCUT2D eigenvalue weighted by atomic mass is 16.6. The van der Waals surface area contributed by atoms with Crippen LogP contribution in [0.2, 0.25) is 0 Å². The molecule has 1 aromatic carbocycles. The lowest BCUT2D eigenvalue weighted by Gasteiger charge is -1.95. The Kier molecular flexibility index (Phi) is 1.47. The van der Waals surface area contributed by atoms with Crippen molar-refractivity contribution >= 4 is 22.7 Å². The highest BCUT2D eigenvalue weighted by Crippen LogP contribution is 2.25. The summed E-state index contributed by atoms with van der Waals surface area (Å²) in [5.74, 6) is 0.797. The lowest BCUT2D eigenvalue weighted by molar-refractivity contribution is -0.384. The predicted octanol–water partition coefficient (Wildman–Crippen LogP) is 1.37. The van der Waals surface area contributed by atoms with Crippen molar-refractivity contribution in [3.63, 3.8) is 0 Å². The van der Waals surface area contributed by atoms with E-state index < -0.39 is 4.92 Å². The predicted molar refractivity (Wildman–Crippen MR) is 54.9 cm³/mol. The average molecular weight is 204 g/mol. The Morgan fingerprint density at radius 3 is 3.20 bits per heavy atom. The largest absolute Gasteiger partial charge is 0.354 e. The van der Waals surface area contributed by atoms with Crippen molar-refractivity contribution in [3.05, 3.63) is 28.3 Å². The van der Waals surface area contributed by atoms with E-state index >= 15 is 0 Å². The molecule has 1 N–H and O–H groups in total. The number of fused-ring (bicyclic) bond motifs is 3. The Labute approximate surface area is 84.7 Å². The molecule has 1 aliphatic rings. The molecule has 3 rings (SSSR count). The van der Waals surface area contributed by atoms with E-state index in [2.05, 4.69) is 10.3 Å². The highest BCUT2D eigenvalue weighted by Gasteiger charge is 2.17. The molecule has 0 atom stereocenters. The van der Waals surface area contributed by atoms with Crippen LogP contribution in [-0.2, 0) is 6.54 Å². The minimum absolute atomic E-state index is 0.0827. The maximum absolute atomic E-state index is 10.6. The fourth-order valence-electron chi connectivity index (χ4n) is 1.87. The van der Waals surface area contributed by atoms with E-state index in [4.69, 9.17) is 0 Å². The third kappa shape index (κ3) is 1.08. The molecule has 0 aliphatic carbocycles. The molecule has 0 saturated carbocycles. The van der Waals surface area contributed by atoms with Crippen LogP contribution in [-0.4, -0.2) is 21.0 Å². The van der Waals surface area contributed by atoms with Gasteiger partial charge in [0.15, 0.2) is 0 Å². The van der Waals surface area contributed by atoms with Crippen LogP contribution in [0.5, 0.6) is 0 Å². The minimum Gasteiger partial charge on any atom is -0.354 e. The highest BCUT2D eigenvalue weighted by molar-refractivity contribution is 5.81. The molecule has 1 aliphatic heterocycles. The molecule has 0 spiro atoms. The van der Waals surface area contributed by atoms with Crippen LogP contribution in [0.25, 0.3) is 11.0 Å². The standard InChI is InChI=1S/C9H8N4O2/c14-13(15)6-1-2-8-7(5-6)11-9-10-3-4-12(8)9/h1-2,5H,3-4H2,(H,10,11). The van der Waals surface area contributed by atoms with Crippen LogP contribution in [0.1, 0.15) is 0 Å². The molecular formula is C9H8N4O2. The minimum atomic E-state index is -0.405. The molecule has 6 nitrogen and oxygen atoms in total. The third-order valence-corrected chi connectivity index (χ3v) is 2.56. The molecule has 76 valence electrons. The number of anilines is 1. The summed E-state index contributed by atoms with van der Waals surface area (Å²) in [7, 11) is 0. The van der Waals surface area contributed by atoms with E-state index in [9.17, 15) is 10.1 Å². The van der Waals surface area contributed by atoms with E-state index in [1.165, 1.54) is 12.1 Å². The molecule has 0 saturated heterocycles. The number of nitrogens with one attached hydrogen (secondary N) is 1. The van der Waals surface area contributed by atoms with Crippen LogP contribution in [0.4, 0.5) is 11.6 Å². The second-order valence-corrected chi connectivity index (χ2v) is 3.44. The maximum atomic E-state index is 10.6. The first-order valence-corrected chi connectivity index (χ1v) is 4.64. The number of benzene rings is 1. The molecule has 1 aromatic heterocycles. The van der Waals surface area contributed by atoms with Crippen LogP contribution >= 0.6 is 0 Å². The number of aromatic nitrogens is 2. The summed E-state index contributed by atoms with van der Waals surface area (Å²) in [5, 5.41) is 13.7. The van der Waals surface area contributed by atoms with Gasteiger partial charge in [-0.1, -0.05) is 0 Å². The summed E-state index contributed by atoms with van der Waals surface area (Å²) in [4.78, 5) is 14.5. The summed E-state index contributed by atoms with van der Waals surface area (Å²) < 4.78 is 2.03. The van der Waals surface area contributed by atoms with E-state index in [-0.39, 0.29) is 5.69 Å². The zero-order chi connectivity index (χ0) is 10.4. The van der Waals surface area contributed by atoms with Gasteiger partial charge in [-0.15, -0.1) is 0 Å². The van der Waals surface area contributed by atoms with Crippen LogP contribution in [0, 0.1) is 10.1 Å². The van der Waals surface area contributed by atoms with E-state index in [1.807, 2.05) is 4.57 Å². The van der Waals surface area contributed by atoms with Gasteiger partial charge >= 0.3 is 0 Å². The van der Waals surface area contributed by atoms with Gasteiger partial charge in [-0.05, 0) is 6.07 Å².